The standard InChI is InChI=1S/C33H19N5/c1-2-10-27-24(8-1)29(25-13-11-20-6-3-15-34-30(20)33(25)38-27)28-14-12-22(19-37-28)26-18-21-7-4-16-35-31(21)32-23(26)9-5-17-36-32/h1-19H. The van der Waals surface area contributed by atoms with Gasteiger partial charge < -0.3 is 0 Å². The van der Waals surface area contributed by atoms with E-state index in [2.05, 4.69) is 81.7 Å². The van der Waals surface area contributed by atoms with Crippen LogP contribution in [0.5, 0.6) is 0 Å². The summed E-state index contributed by atoms with van der Waals surface area (Å²) in [5, 5.41) is 5.31. The second-order valence-corrected chi connectivity index (χ2v) is 9.37. The molecule has 0 aliphatic rings. The fourth-order valence-electron chi connectivity index (χ4n) is 5.49. The summed E-state index contributed by atoms with van der Waals surface area (Å²) in [6.07, 6.45) is 7.41. The van der Waals surface area contributed by atoms with E-state index in [0.717, 1.165) is 76.9 Å². The van der Waals surface area contributed by atoms with Gasteiger partial charge in [0.25, 0.3) is 0 Å². The first-order valence-corrected chi connectivity index (χ1v) is 12.5. The van der Waals surface area contributed by atoms with Crippen molar-refractivity contribution in [2.45, 2.75) is 0 Å². The van der Waals surface area contributed by atoms with Crippen molar-refractivity contribution < 1.29 is 0 Å². The van der Waals surface area contributed by atoms with Crippen LogP contribution in [0.3, 0.4) is 0 Å². The minimum absolute atomic E-state index is 0.891. The van der Waals surface area contributed by atoms with Crippen LogP contribution in [0, 0.1) is 0 Å². The Morgan fingerprint density at radius 1 is 0.474 bits per heavy atom. The minimum atomic E-state index is 0.891. The van der Waals surface area contributed by atoms with Gasteiger partial charge in [-0.05, 0) is 42.0 Å². The number of nitrogens with zero attached hydrogens (tertiary/aromatic N) is 5. The maximum Gasteiger partial charge on any atom is 0.0979 e. The van der Waals surface area contributed by atoms with Crippen molar-refractivity contribution in [1.82, 2.24) is 24.9 Å². The smallest absolute Gasteiger partial charge is 0.0979 e. The number of pyridine rings is 5. The van der Waals surface area contributed by atoms with E-state index in [1.165, 1.54) is 0 Å². The summed E-state index contributed by atoms with van der Waals surface area (Å²) in [7, 11) is 0. The number of aromatic nitrogens is 5. The van der Waals surface area contributed by atoms with Gasteiger partial charge in [0.15, 0.2) is 0 Å². The molecule has 0 saturated heterocycles. The normalized spacial score (nSPS) is 11.7. The van der Waals surface area contributed by atoms with Gasteiger partial charge in [-0.25, -0.2) is 4.98 Å². The fraction of sp³-hybridized carbons (Fsp3) is 0. The van der Waals surface area contributed by atoms with E-state index in [1.54, 1.807) is 0 Å². The van der Waals surface area contributed by atoms with Crippen LogP contribution in [0.2, 0.25) is 0 Å². The molecule has 0 bridgehead atoms. The largest absolute Gasteiger partial charge is 0.256 e. The number of fused-ring (bicyclic) bond motifs is 7. The van der Waals surface area contributed by atoms with Crippen molar-refractivity contribution in [2.24, 2.45) is 0 Å². The third kappa shape index (κ3) is 3.09. The van der Waals surface area contributed by atoms with Crippen molar-refractivity contribution in [2.75, 3.05) is 0 Å². The van der Waals surface area contributed by atoms with Crippen LogP contribution in [-0.2, 0) is 0 Å². The number of benzene rings is 3. The second kappa shape index (κ2) is 8.11. The molecule has 8 rings (SSSR count). The molecule has 0 amide bonds. The third-order valence-corrected chi connectivity index (χ3v) is 7.21. The molecule has 0 aliphatic carbocycles. The first kappa shape index (κ1) is 20.9. The monoisotopic (exact) mass is 485 g/mol. The number of para-hydroxylation sites is 1. The van der Waals surface area contributed by atoms with Crippen LogP contribution in [-0.4, -0.2) is 24.9 Å². The quantitative estimate of drug-likeness (QED) is 0.185. The highest BCUT2D eigenvalue weighted by molar-refractivity contribution is 6.15. The summed E-state index contributed by atoms with van der Waals surface area (Å²) in [6.45, 7) is 0. The average molecular weight is 486 g/mol. The fourth-order valence-corrected chi connectivity index (χ4v) is 5.49. The average Bonchev–Trinajstić information content (AvgIpc) is 2.99. The maximum atomic E-state index is 5.02. The van der Waals surface area contributed by atoms with E-state index in [9.17, 15) is 0 Å². The molecular formula is C33H19N5. The Balaban J connectivity index is 1.37. The van der Waals surface area contributed by atoms with Gasteiger partial charge in [0, 0.05) is 62.8 Å². The highest BCUT2D eigenvalue weighted by Crippen LogP contribution is 2.38. The summed E-state index contributed by atoms with van der Waals surface area (Å²) in [5.41, 5.74) is 8.62. The van der Waals surface area contributed by atoms with E-state index in [4.69, 9.17) is 9.97 Å². The first-order chi connectivity index (χ1) is 18.8. The molecule has 5 heterocycles. The molecule has 176 valence electrons. The van der Waals surface area contributed by atoms with Gasteiger partial charge in [0.2, 0.25) is 0 Å². The van der Waals surface area contributed by atoms with Gasteiger partial charge in [-0.15, -0.1) is 0 Å². The van der Waals surface area contributed by atoms with Crippen LogP contribution in [0.1, 0.15) is 0 Å². The Morgan fingerprint density at radius 2 is 1.21 bits per heavy atom. The summed E-state index contributed by atoms with van der Waals surface area (Å²) in [5.74, 6) is 0. The highest BCUT2D eigenvalue weighted by Gasteiger charge is 2.16. The van der Waals surface area contributed by atoms with Crippen LogP contribution >= 0.6 is 0 Å². The Hall–Kier alpha value is -5.29. The number of hydrogen-bond donors (Lipinski definition) is 0. The molecular weight excluding hydrogens is 466 g/mol. The topological polar surface area (TPSA) is 64.5 Å². The predicted molar refractivity (Wildman–Crippen MR) is 154 cm³/mol. The molecule has 0 unspecified atom stereocenters. The Bertz CT molecular complexity index is 2190. The van der Waals surface area contributed by atoms with Crippen LogP contribution in [0.4, 0.5) is 0 Å². The zero-order valence-electron chi connectivity index (χ0n) is 20.2. The Kier molecular flexibility index (Phi) is 4.45. The molecule has 3 aromatic carbocycles. The summed E-state index contributed by atoms with van der Waals surface area (Å²) in [4.78, 5) is 23.9. The molecule has 38 heavy (non-hydrogen) atoms. The van der Waals surface area contributed by atoms with Gasteiger partial charge in [-0.2, -0.15) is 0 Å². The molecule has 0 fully saturated rings. The van der Waals surface area contributed by atoms with Crippen molar-refractivity contribution in [1.29, 1.82) is 0 Å². The second-order valence-electron chi connectivity index (χ2n) is 9.37. The molecule has 5 aromatic heterocycles. The molecule has 0 N–H and O–H groups in total. The lowest BCUT2D eigenvalue weighted by molar-refractivity contribution is 1.33. The first-order valence-electron chi connectivity index (χ1n) is 12.5. The molecule has 0 saturated carbocycles. The van der Waals surface area contributed by atoms with Crippen molar-refractivity contribution in [3.05, 3.63) is 116 Å². The lowest BCUT2D eigenvalue weighted by Gasteiger charge is -2.13. The van der Waals surface area contributed by atoms with E-state index < -0.39 is 0 Å². The third-order valence-electron chi connectivity index (χ3n) is 7.21. The van der Waals surface area contributed by atoms with Gasteiger partial charge in [-0.3, -0.25) is 19.9 Å². The zero-order chi connectivity index (χ0) is 25.1. The maximum absolute atomic E-state index is 5.02. The Morgan fingerprint density at radius 3 is 2.05 bits per heavy atom. The summed E-state index contributed by atoms with van der Waals surface area (Å²) >= 11 is 0. The molecule has 0 spiro atoms. The zero-order valence-corrected chi connectivity index (χ0v) is 20.2. The molecule has 0 aliphatic heterocycles. The summed E-state index contributed by atoms with van der Waals surface area (Å²) in [6, 6.07) is 31.1. The van der Waals surface area contributed by atoms with E-state index in [0.29, 0.717) is 0 Å². The van der Waals surface area contributed by atoms with Gasteiger partial charge in [0.1, 0.15) is 0 Å². The Labute approximate surface area is 217 Å². The van der Waals surface area contributed by atoms with E-state index in [1.807, 2.05) is 49.1 Å². The van der Waals surface area contributed by atoms with E-state index >= 15 is 0 Å². The van der Waals surface area contributed by atoms with E-state index in [-0.39, 0.29) is 0 Å². The lowest BCUT2D eigenvalue weighted by Crippen LogP contribution is -1.94. The molecule has 0 atom stereocenters. The molecule has 8 aromatic rings. The number of hydrogen-bond acceptors (Lipinski definition) is 5. The van der Waals surface area contributed by atoms with Crippen molar-refractivity contribution >= 4 is 54.5 Å². The van der Waals surface area contributed by atoms with Crippen molar-refractivity contribution in [3.8, 4) is 22.4 Å². The van der Waals surface area contributed by atoms with Gasteiger partial charge >= 0.3 is 0 Å². The lowest BCUT2D eigenvalue weighted by atomic mass is 9.96. The summed E-state index contributed by atoms with van der Waals surface area (Å²) < 4.78 is 0. The van der Waals surface area contributed by atoms with Crippen molar-refractivity contribution in [3.63, 3.8) is 0 Å². The molecule has 5 nitrogen and oxygen atoms in total. The molecule has 0 radical (unpaired) electrons. The van der Waals surface area contributed by atoms with Crippen LogP contribution in [0.15, 0.2) is 116 Å². The SMILES string of the molecule is c1cnc2c(c1)cc(-c1ccc(-c3c4ccccc4nc4c3ccc3cccnc34)nc1)c1cccnc12. The van der Waals surface area contributed by atoms with Crippen LogP contribution < -0.4 is 0 Å². The molecule has 5 heteroatoms. The minimum Gasteiger partial charge on any atom is -0.256 e. The highest BCUT2D eigenvalue weighted by atomic mass is 14.8. The van der Waals surface area contributed by atoms with Crippen LogP contribution in [0.25, 0.3) is 76.9 Å². The predicted octanol–water partition coefficient (Wildman–Crippen LogP) is 7.76. The number of rotatable bonds is 2. The van der Waals surface area contributed by atoms with Gasteiger partial charge in [-0.1, -0.05) is 54.6 Å². The van der Waals surface area contributed by atoms with Gasteiger partial charge in [0.05, 0.1) is 33.3 Å².